The molecular formula is C30H39FN6O4. The summed E-state index contributed by atoms with van der Waals surface area (Å²) in [6.07, 6.45) is -0.470. The van der Waals surface area contributed by atoms with Gasteiger partial charge in [0.2, 0.25) is 5.91 Å². The minimum atomic E-state index is -0.651. The molecule has 3 amide bonds. The molecule has 0 atom stereocenters. The van der Waals surface area contributed by atoms with Crippen molar-refractivity contribution in [3.05, 3.63) is 64.5 Å². The van der Waals surface area contributed by atoms with Crippen LogP contribution in [0.25, 0.3) is 0 Å². The first-order chi connectivity index (χ1) is 19.3. The number of halogens is 1. The topological polar surface area (TPSA) is 109 Å². The van der Waals surface area contributed by atoms with E-state index in [9.17, 15) is 24.0 Å². The molecule has 11 heteroatoms. The van der Waals surface area contributed by atoms with Gasteiger partial charge in [-0.2, -0.15) is 5.26 Å². The van der Waals surface area contributed by atoms with Crippen molar-refractivity contribution < 1.29 is 23.5 Å². The van der Waals surface area contributed by atoms with Crippen LogP contribution in [0.3, 0.4) is 0 Å². The summed E-state index contributed by atoms with van der Waals surface area (Å²) >= 11 is 0. The number of hydrazine groups is 1. The highest BCUT2D eigenvalue weighted by atomic mass is 19.1. The van der Waals surface area contributed by atoms with Gasteiger partial charge in [0.1, 0.15) is 11.4 Å². The summed E-state index contributed by atoms with van der Waals surface area (Å²) in [6, 6.07) is 11.8. The largest absolute Gasteiger partial charge is 0.444 e. The first kappa shape index (κ1) is 31.5. The molecule has 0 unspecified atom stereocenters. The van der Waals surface area contributed by atoms with Crippen molar-refractivity contribution in [3.63, 3.8) is 0 Å². The number of carbonyl (C=O) groups is 3. The molecule has 0 saturated carbocycles. The van der Waals surface area contributed by atoms with Crippen LogP contribution >= 0.6 is 0 Å². The van der Waals surface area contributed by atoms with E-state index in [2.05, 4.69) is 11.4 Å². The molecule has 41 heavy (non-hydrogen) atoms. The van der Waals surface area contributed by atoms with Crippen LogP contribution in [0.5, 0.6) is 0 Å². The Labute approximate surface area is 241 Å². The monoisotopic (exact) mass is 566 g/mol. The number of benzene rings is 2. The number of carbonyl (C=O) groups excluding carboxylic acids is 3. The molecule has 0 fully saturated rings. The third-order valence-electron chi connectivity index (χ3n) is 6.76. The van der Waals surface area contributed by atoms with Crippen molar-refractivity contribution in [2.45, 2.75) is 53.3 Å². The molecule has 2 aromatic rings. The highest BCUT2D eigenvalue weighted by molar-refractivity contribution is 5.96. The maximum absolute atomic E-state index is 13.6. The van der Waals surface area contributed by atoms with E-state index in [1.165, 1.54) is 22.0 Å². The van der Waals surface area contributed by atoms with Gasteiger partial charge in [-0.1, -0.05) is 6.07 Å². The van der Waals surface area contributed by atoms with E-state index in [4.69, 9.17) is 4.74 Å². The van der Waals surface area contributed by atoms with Crippen LogP contribution in [-0.4, -0.2) is 78.2 Å². The molecule has 10 nitrogen and oxygen atoms in total. The molecule has 1 heterocycles. The standard InChI is InChI=1S/C30H39FN6O4/c1-7-35(29(40)41-30(3,4)5)12-13-37(26-11-8-22(16-32)14-21(26)2)28(39)18-33-17-27(38)34(6)36-19-23-9-10-25(31)15-24(23)20-36/h8-11,14-15,33H,7,12-13,17-20H2,1-6H3. The summed E-state index contributed by atoms with van der Waals surface area (Å²) in [7, 11) is 1.65. The molecule has 1 aliphatic rings. The van der Waals surface area contributed by atoms with Crippen LogP contribution in [0, 0.1) is 24.1 Å². The molecule has 1 N–H and O–H groups in total. The number of likely N-dealkylation sites (N-methyl/N-ethyl adjacent to an activating group) is 2. The Balaban J connectivity index is 1.64. The van der Waals surface area contributed by atoms with Crippen molar-refractivity contribution in [1.29, 1.82) is 5.26 Å². The summed E-state index contributed by atoms with van der Waals surface area (Å²) in [5.41, 5.74) is 2.98. The van der Waals surface area contributed by atoms with Gasteiger partial charge in [-0.3, -0.25) is 19.9 Å². The Hall–Kier alpha value is -4.01. The van der Waals surface area contributed by atoms with Gasteiger partial charge in [0.05, 0.1) is 24.7 Å². The van der Waals surface area contributed by atoms with Gasteiger partial charge in [-0.25, -0.2) is 14.2 Å². The first-order valence-corrected chi connectivity index (χ1v) is 13.6. The van der Waals surface area contributed by atoms with Crippen LogP contribution in [0.2, 0.25) is 0 Å². The molecule has 0 radical (unpaired) electrons. The number of nitriles is 1. The van der Waals surface area contributed by atoms with E-state index in [0.717, 1.165) is 16.7 Å². The zero-order chi connectivity index (χ0) is 30.3. The van der Waals surface area contributed by atoms with Crippen LogP contribution < -0.4 is 10.2 Å². The van der Waals surface area contributed by atoms with Gasteiger partial charge < -0.3 is 14.5 Å². The van der Waals surface area contributed by atoms with Gasteiger partial charge >= 0.3 is 6.09 Å². The van der Waals surface area contributed by atoms with E-state index in [1.54, 1.807) is 57.0 Å². The molecule has 1 aliphatic heterocycles. The maximum Gasteiger partial charge on any atom is 0.410 e. The fourth-order valence-corrected chi connectivity index (χ4v) is 4.53. The number of anilines is 1. The Kier molecular flexibility index (Phi) is 10.4. The lowest BCUT2D eigenvalue weighted by atomic mass is 10.1. The molecule has 0 bridgehead atoms. The second-order valence-corrected chi connectivity index (χ2v) is 11.0. The lowest BCUT2D eigenvalue weighted by Gasteiger charge is -2.30. The fourth-order valence-electron chi connectivity index (χ4n) is 4.53. The number of nitrogens with one attached hydrogen (secondary N) is 1. The molecule has 0 spiro atoms. The number of hydrogen-bond acceptors (Lipinski definition) is 7. The Morgan fingerprint density at radius 3 is 2.37 bits per heavy atom. The van der Waals surface area contributed by atoms with Gasteiger partial charge in [-0.05, 0) is 81.6 Å². The molecule has 2 aromatic carbocycles. The molecule has 0 aliphatic carbocycles. The van der Waals surface area contributed by atoms with Crippen molar-refractivity contribution >= 4 is 23.6 Å². The summed E-state index contributed by atoms with van der Waals surface area (Å²) < 4.78 is 19.1. The number of fused-ring (bicyclic) bond motifs is 1. The zero-order valence-corrected chi connectivity index (χ0v) is 24.7. The van der Waals surface area contributed by atoms with E-state index >= 15 is 0 Å². The first-order valence-electron chi connectivity index (χ1n) is 13.6. The Morgan fingerprint density at radius 2 is 1.73 bits per heavy atom. The second-order valence-electron chi connectivity index (χ2n) is 11.0. The van der Waals surface area contributed by atoms with Crippen LogP contribution in [-0.2, 0) is 27.4 Å². The quantitative estimate of drug-likeness (QED) is 0.468. The predicted molar refractivity (Wildman–Crippen MR) is 153 cm³/mol. The highest BCUT2D eigenvalue weighted by Crippen LogP contribution is 2.25. The molecule has 0 aromatic heterocycles. The zero-order valence-electron chi connectivity index (χ0n) is 24.7. The van der Waals surface area contributed by atoms with Crippen molar-refractivity contribution in [3.8, 4) is 6.07 Å². The normalized spacial score (nSPS) is 12.8. The third-order valence-corrected chi connectivity index (χ3v) is 6.76. The highest BCUT2D eigenvalue weighted by Gasteiger charge is 2.27. The number of amides is 3. The summed E-state index contributed by atoms with van der Waals surface area (Å²) in [4.78, 5) is 42.0. The van der Waals surface area contributed by atoms with E-state index in [0.29, 0.717) is 30.9 Å². The van der Waals surface area contributed by atoms with Crippen LogP contribution in [0.1, 0.15) is 49.9 Å². The number of ether oxygens (including phenoxy) is 1. The minimum absolute atomic E-state index is 0.0807. The van der Waals surface area contributed by atoms with Crippen molar-refractivity contribution in [2.75, 3.05) is 44.7 Å². The predicted octanol–water partition coefficient (Wildman–Crippen LogP) is 3.57. The smallest absolute Gasteiger partial charge is 0.410 e. The molecule has 220 valence electrons. The van der Waals surface area contributed by atoms with E-state index < -0.39 is 11.7 Å². The maximum atomic E-state index is 13.6. The van der Waals surface area contributed by atoms with Crippen molar-refractivity contribution in [2.24, 2.45) is 0 Å². The average Bonchev–Trinajstić information content (AvgIpc) is 3.33. The van der Waals surface area contributed by atoms with Gasteiger partial charge in [0, 0.05) is 45.5 Å². The van der Waals surface area contributed by atoms with Gasteiger partial charge in [-0.15, -0.1) is 0 Å². The third kappa shape index (κ3) is 8.49. The van der Waals surface area contributed by atoms with Crippen molar-refractivity contribution in [1.82, 2.24) is 20.2 Å². The SMILES string of the molecule is CCN(CCN(C(=O)CNCC(=O)N(C)N1Cc2ccc(F)cc2C1)c1ccc(C#N)cc1C)C(=O)OC(C)(C)C. The van der Waals surface area contributed by atoms with E-state index in [-0.39, 0.29) is 43.8 Å². The van der Waals surface area contributed by atoms with Crippen LogP contribution in [0.15, 0.2) is 36.4 Å². The molecule has 0 saturated heterocycles. The van der Waals surface area contributed by atoms with E-state index in [1.807, 2.05) is 18.9 Å². The van der Waals surface area contributed by atoms with Crippen LogP contribution in [0.4, 0.5) is 14.9 Å². The summed E-state index contributed by atoms with van der Waals surface area (Å²) in [6.45, 7) is 10.6. The Bertz CT molecular complexity index is 1320. The number of aryl methyl sites for hydroxylation is 1. The summed E-state index contributed by atoms with van der Waals surface area (Å²) in [5, 5.41) is 15.5. The lowest BCUT2D eigenvalue weighted by Crippen LogP contribution is -2.48. The molecule has 3 rings (SSSR count). The Morgan fingerprint density at radius 1 is 1.05 bits per heavy atom. The van der Waals surface area contributed by atoms with Gasteiger partial charge in [0.25, 0.3) is 5.91 Å². The summed E-state index contributed by atoms with van der Waals surface area (Å²) in [5.74, 6) is -0.846. The number of hydrogen-bond donors (Lipinski definition) is 1. The number of rotatable bonds is 10. The number of nitrogens with zero attached hydrogens (tertiary/aromatic N) is 5. The molecular weight excluding hydrogens is 527 g/mol. The van der Waals surface area contributed by atoms with Gasteiger partial charge in [0.15, 0.2) is 0 Å². The lowest BCUT2D eigenvalue weighted by molar-refractivity contribution is -0.145. The fraction of sp³-hybridized carbons (Fsp3) is 0.467. The average molecular weight is 567 g/mol. The second kappa shape index (κ2) is 13.6. The minimum Gasteiger partial charge on any atom is -0.444 e.